The molecule has 0 aromatic carbocycles. The van der Waals surface area contributed by atoms with Crippen molar-refractivity contribution >= 4 is 34.2 Å². The largest absolute Gasteiger partial charge is 0.373 e. The van der Waals surface area contributed by atoms with Gasteiger partial charge in [0.2, 0.25) is 0 Å². The fourth-order valence-electron chi connectivity index (χ4n) is 4.01. The van der Waals surface area contributed by atoms with E-state index in [0.717, 1.165) is 33.5 Å². The first-order valence-electron chi connectivity index (χ1n) is 10.7. The van der Waals surface area contributed by atoms with Crippen LogP contribution in [-0.2, 0) is 4.79 Å². The number of aromatic nitrogens is 3. The predicted molar refractivity (Wildman–Crippen MR) is 127 cm³/mol. The van der Waals surface area contributed by atoms with Gasteiger partial charge >= 0.3 is 6.03 Å². The Morgan fingerprint density at radius 3 is 2.85 bits per heavy atom. The highest BCUT2D eigenvalue weighted by Crippen LogP contribution is 2.28. The molecule has 9 heteroatoms. The number of nitrogens with one attached hydrogen (secondary N) is 3. The normalized spacial score (nSPS) is 15.3. The highest BCUT2D eigenvalue weighted by Gasteiger charge is 2.28. The van der Waals surface area contributed by atoms with Crippen LogP contribution in [0.15, 0.2) is 60.3 Å². The van der Waals surface area contributed by atoms with Gasteiger partial charge in [0.05, 0.1) is 23.0 Å². The lowest BCUT2D eigenvalue weighted by molar-refractivity contribution is -0.115. The minimum atomic E-state index is -0.328. The van der Waals surface area contributed by atoms with Gasteiger partial charge in [-0.15, -0.1) is 0 Å². The number of nitrogens with zero attached hydrogens (tertiary/aromatic N) is 4. The van der Waals surface area contributed by atoms with Crippen molar-refractivity contribution in [3.8, 4) is 11.1 Å². The van der Waals surface area contributed by atoms with E-state index in [4.69, 9.17) is 0 Å². The summed E-state index contributed by atoms with van der Waals surface area (Å²) in [6, 6.07) is 5.45. The zero-order valence-electron chi connectivity index (χ0n) is 18.3. The molecular weight excluding hydrogens is 418 g/mol. The first-order chi connectivity index (χ1) is 16.0. The topological polar surface area (TPSA) is 112 Å². The van der Waals surface area contributed by atoms with Crippen LogP contribution in [0.2, 0.25) is 0 Å². The molecule has 3 aromatic heterocycles. The van der Waals surface area contributed by atoms with Crippen molar-refractivity contribution in [2.24, 2.45) is 0 Å². The predicted octanol–water partition coefficient (Wildman–Crippen LogP) is 3.22. The molecule has 33 heavy (non-hydrogen) atoms. The highest BCUT2D eigenvalue weighted by molar-refractivity contribution is 6.01. The van der Waals surface area contributed by atoms with Gasteiger partial charge in [0, 0.05) is 67.2 Å². The lowest BCUT2D eigenvalue weighted by atomic mass is 10.0. The van der Waals surface area contributed by atoms with Gasteiger partial charge in [-0.25, -0.2) is 9.78 Å². The number of aryl methyl sites for hydroxylation is 1. The van der Waals surface area contributed by atoms with E-state index < -0.39 is 0 Å². The Labute approximate surface area is 190 Å². The smallest absolute Gasteiger partial charge is 0.327 e. The summed E-state index contributed by atoms with van der Waals surface area (Å²) in [5, 5.41) is 10.0. The minimum absolute atomic E-state index is 0.0388. The molecule has 5 heterocycles. The van der Waals surface area contributed by atoms with Crippen LogP contribution in [0.4, 0.5) is 16.3 Å². The summed E-state index contributed by atoms with van der Waals surface area (Å²) >= 11 is 0. The minimum Gasteiger partial charge on any atom is -0.373 e. The molecule has 3 N–H and O–H groups in total. The summed E-state index contributed by atoms with van der Waals surface area (Å²) < 4.78 is 0. The van der Waals surface area contributed by atoms with E-state index >= 15 is 0 Å². The molecule has 2 amide bonds. The summed E-state index contributed by atoms with van der Waals surface area (Å²) in [4.78, 5) is 40.2. The maximum absolute atomic E-state index is 13.0. The number of anilines is 2. The van der Waals surface area contributed by atoms with Crippen LogP contribution >= 0.6 is 0 Å². The maximum atomic E-state index is 13.0. The lowest BCUT2D eigenvalue weighted by Gasteiger charge is -2.31. The zero-order chi connectivity index (χ0) is 22.9. The van der Waals surface area contributed by atoms with Gasteiger partial charge < -0.3 is 16.0 Å². The number of hydrogen-bond donors (Lipinski definition) is 3. The number of ketones is 1. The standard InChI is InChI=1S/C24H23N7O2/c1-14-19(15-8-16-12-29-22(25-2)10-20(16)28-11-15)9-17(13-27-14)30-24(33)31-7-3-4-18-21(32)5-6-26-23(18)31/h3-4,8-13,26H,5-7H2,1-2H3,(H,25,29)(H,30,33). The second kappa shape index (κ2) is 8.34. The second-order valence-electron chi connectivity index (χ2n) is 7.90. The SMILES string of the molecule is CNc1cc2ncc(-c3cc(NC(=O)N4CC=CC5=C4NCCC5=O)cnc3C)cc2cn1. The van der Waals surface area contributed by atoms with Crippen molar-refractivity contribution in [1.29, 1.82) is 0 Å². The first-order valence-corrected chi connectivity index (χ1v) is 10.7. The average Bonchev–Trinajstić information content (AvgIpc) is 2.84. The molecule has 0 saturated heterocycles. The molecule has 0 fully saturated rings. The van der Waals surface area contributed by atoms with Gasteiger partial charge in [-0.1, -0.05) is 6.08 Å². The van der Waals surface area contributed by atoms with E-state index in [1.54, 1.807) is 24.7 Å². The number of carbonyl (C=O) groups is 2. The Balaban J connectivity index is 1.42. The first kappa shape index (κ1) is 20.6. The van der Waals surface area contributed by atoms with Crippen molar-refractivity contribution in [2.45, 2.75) is 13.3 Å². The van der Waals surface area contributed by atoms with Gasteiger partial charge in [-0.3, -0.25) is 19.7 Å². The van der Waals surface area contributed by atoms with E-state index in [-0.39, 0.29) is 11.8 Å². The molecule has 0 spiro atoms. The summed E-state index contributed by atoms with van der Waals surface area (Å²) in [5.41, 5.74) is 4.51. The number of urea groups is 1. The van der Waals surface area contributed by atoms with Crippen molar-refractivity contribution in [2.75, 3.05) is 30.8 Å². The summed E-state index contributed by atoms with van der Waals surface area (Å²) in [5.74, 6) is 1.35. The number of carbonyl (C=O) groups excluding carboxylic acids is 2. The molecule has 0 atom stereocenters. The van der Waals surface area contributed by atoms with E-state index in [1.165, 1.54) is 4.90 Å². The number of hydrogen-bond acceptors (Lipinski definition) is 7. The lowest BCUT2D eigenvalue weighted by Crippen LogP contribution is -2.45. The molecule has 0 radical (unpaired) electrons. The second-order valence-corrected chi connectivity index (χ2v) is 7.90. The Morgan fingerprint density at radius 1 is 1.12 bits per heavy atom. The number of Topliss-reactive ketones (excluding diaryl/α,β-unsaturated/α-hetero) is 1. The molecule has 5 rings (SSSR count). The van der Waals surface area contributed by atoms with Crippen LogP contribution in [0.3, 0.4) is 0 Å². The van der Waals surface area contributed by atoms with Crippen LogP contribution < -0.4 is 16.0 Å². The Kier molecular flexibility index (Phi) is 5.21. The molecule has 2 aliphatic heterocycles. The third-order valence-corrected chi connectivity index (χ3v) is 5.76. The molecule has 0 bridgehead atoms. The number of rotatable bonds is 3. The monoisotopic (exact) mass is 441 g/mol. The number of fused-ring (bicyclic) bond motifs is 1. The molecule has 9 nitrogen and oxygen atoms in total. The summed E-state index contributed by atoms with van der Waals surface area (Å²) in [7, 11) is 1.82. The molecule has 0 saturated carbocycles. The molecule has 3 aromatic rings. The number of amides is 2. The van der Waals surface area contributed by atoms with E-state index in [9.17, 15) is 9.59 Å². The number of pyridine rings is 3. The molecule has 0 unspecified atom stereocenters. The summed E-state index contributed by atoms with van der Waals surface area (Å²) in [6.07, 6.45) is 9.22. The van der Waals surface area contributed by atoms with Crippen molar-refractivity contribution in [1.82, 2.24) is 25.2 Å². The van der Waals surface area contributed by atoms with Crippen LogP contribution in [0, 0.1) is 6.92 Å². The van der Waals surface area contributed by atoms with E-state index in [2.05, 4.69) is 30.9 Å². The van der Waals surface area contributed by atoms with Gasteiger partial charge in [0.1, 0.15) is 11.6 Å². The Hall–Kier alpha value is -4.27. The van der Waals surface area contributed by atoms with Crippen LogP contribution in [0.5, 0.6) is 0 Å². The highest BCUT2D eigenvalue weighted by atomic mass is 16.2. The molecular formula is C24H23N7O2. The Morgan fingerprint density at radius 2 is 2.00 bits per heavy atom. The molecule has 2 aliphatic rings. The van der Waals surface area contributed by atoms with Gasteiger partial charge in [0.15, 0.2) is 5.78 Å². The fraction of sp³-hybridized carbons (Fsp3) is 0.208. The molecule has 0 aliphatic carbocycles. The van der Waals surface area contributed by atoms with E-state index in [1.807, 2.05) is 38.2 Å². The average molecular weight is 441 g/mol. The van der Waals surface area contributed by atoms with Gasteiger partial charge in [0.25, 0.3) is 0 Å². The van der Waals surface area contributed by atoms with Crippen molar-refractivity contribution in [3.63, 3.8) is 0 Å². The zero-order valence-corrected chi connectivity index (χ0v) is 18.3. The fourth-order valence-corrected chi connectivity index (χ4v) is 4.01. The van der Waals surface area contributed by atoms with E-state index in [0.29, 0.717) is 36.6 Å². The Bertz CT molecular complexity index is 1350. The number of allylic oxidation sites excluding steroid dienone is 2. The molecule has 166 valence electrons. The summed E-state index contributed by atoms with van der Waals surface area (Å²) in [6.45, 7) is 2.82. The van der Waals surface area contributed by atoms with Gasteiger partial charge in [-0.05, 0) is 25.1 Å². The third kappa shape index (κ3) is 3.89. The van der Waals surface area contributed by atoms with Crippen LogP contribution in [0.25, 0.3) is 22.0 Å². The maximum Gasteiger partial charge on any atom is 0.327 e. The van der Waals surface area contributed by atoms with Crippen molar-refractivity contribution < 1.29 is 9.59 Å². The van der Waals surface area contributed by atoms with Crippen molar-refractivity contribution in [3.05, 3.63) is 66.0 Å². The van der Waals surface area contributed by atoms with Gasteiger partial charge in [-0.2, -0.15) is 0 Å². The third-order valence-electron chi connectivity index (χ3n) is 5.76. The van der Waals surface area contributed by atoms with Crippen LogP contribution in [0.1, 0.15) is 12.1 Å². The quantitative estimate of drug-likeness (QED) is 0.572. The van der Waals surface area contributed by atoms with Crippen LogP contribution in [-0.4, -0.2) is 51.8 Å².